The normalized spacial score (nSPS) is 9.67. The SMILES string of the molecule is NCC[S-](=S)=S. The quantitative estimate of drug-likeness (QED) is 0.523. The van der Waals surface area contributed by atoms with Gasteiger partial charge in [0, 0.05) is 0 Å². The van der Waals surface area contributed by atoms with Crippen molar-refractivity contribution in [1.82, 2.24) is 0 Å². The third-order valence-corrected chi connectivity index (χ3v) is 1.85. The lowest BCUT2D eigenvalue weighted by molar-refractivity contribution is 1.15. The Morgan fingerprint density at radius 2 is 2.00 bits per heavy atom. The van der Waals surface area contributed by atoms with Crippen LogP contribution in [0.2, 0.25) is 0 Å². The van der Waals surface area contributed by atoms with Crippen molar-refractivity contribution in [2.45, 2.75) is 0 Å². The maximum Gasteiger partial charge on any atom is -0.0253 e. The van der Waals surface area contributed by atoms with Gasteiger partial charge in [-0.3, -0.25) is 22.4 Å². The molecule has 0 aliphatic carbocycles. The second-order valence-corrected chi connectivity index (χ2v) is 4.86. The van der Waals surface area contributed by atoms with E-state index in [1.165, 1.54) is 0 Å². The Morgan fingerprint density at radius 3 is 2.00 bits per heavy atom. The molecule has 0 radical (unpaired) electrons. The molecule has 1 nitrogen and oxygen atoms in total. The Balaban J connectivity index is 3.07. The Morgan fingerprint density at radius 1 is 1.50 bits per heavy atom. The Labute approximate surface area is 48.8 Å². The highest BCUT2D eigenvalue weighted by atomic mass is 33.1. The van der Waals surface area contributed by atoms with Crippen molar-refractivity contribution in [2.75, 3.05) is 12.3 Å². The highest BCUT2D eigenvalue weighted by Crippen LogP contribution is 1.58. The van der Waals surface area contributed by atoms with E-state index in [9.17, 15) is 0 Å². The van der Waals surface area contributed by atoms with Crippen LogP contribution in [0, 0.1) is 0 Å². The van der Waals surface area contributed by atoms with E-state index in [0.717, 1.165) is 5.75 Å². The monoisotopic (exact) mass is 140 g/mol. The summed E-state index contributed by atoms with van der Waals surface area (Å²) in [6.45, 7) is 0.635. The minimum absolute atomic E-state index is 0.274. The first-order valence-corrected chi connectivity index (χ1v) is 4.77. The minimum atomic E-state index is -0.274. The molecule has 0 atom stereocenters. The first kappa shape index (κ1) is 6.75. The number of nitrogens with two attached hydrogens (primary N) is 1. The summed E-state index contributed by atoms with van der Waals surface area (Å²) in [7, 11) is -0.274. The summed E-state index contributed by atoms with van der Waals surface area (Å²) in [6.07, 6.45) is 0. The third kappa shape index (κ3) is 4.75. The molecule has 0 spiro atoms. The summed E-state index contributed by atoms with van der Waals surface area (Å²) in [5, 5.41) is 0. The molecular formula is C2H6NS3-. The van der Waals surface area contributed by atoms with Gasteiger partial charge in [-0.2, -0.15) is 0 Å². The van der Waals surface area contributed by atoms with Gasteiger partial charge in [-0.15, -0.1) is 5.75 Å². The van der Waals surface area contributed by atoms with Crippen LogP contribution in [0.5, 0.6) is 0 Å². The second-order valence-electron chi connectivity index (χ2n) is 0.797. The summed E-state index contributed by atoms with van der Waals surface area (Å²) in [4.78, 5) is 0. The number of rotatable bonds is 2. The van der Waals surface area contributed by atoms with Gasteiger partial charge in [0.25, 0.3) is 0 Å². The van der Waals surface area contributed by atoms with Crippen molar-refractivity contribution in [3.63, 3.8) is 0 Å². The topological polar surface area (TPSA) is 26.0 Å². The zero-order chi connectivity index (χ0) is 4.99. The van der Waals surface area contributed by atoms with E-state index in [1.807, 2.05) is 0 Å². The smallest absolute Gasteiger partial charge is 0.0253 e. The zero-order valence-corrected chi connectivity index (χ0v) is 5.67. The predicted molar refractivity (Wildman–Crippen MR) is 36.0 cm³/mol. The molecule has 0 bridgehead atoms. The van der Waals surface area contributed by atoms with Crippen molar-refractivity contribution >= 4 is 30.4 Å². The highest BCUT2D eigenvalue weighted by molar-refractivity contribution is 8.46. The molecule has 4 heteroatoms. The molecule has 0 rings (SSSR count). The van der Waals surface area contributed by atoms with E-state index in [1.54, 1.807) is 0 Å². The Hall–Kier alpha value is 0.750. The van der Waals surface area contributed by atoms with Crippen LogP contribution in [-0.2, 0) is 30.4 Å². The minimum Gasteiger partial charge on any atom is -0.346 e. The van der Waals surface area contributed by atoms with Gasteiger partial charge in [0.05, 0.1) is 0 Å². The highest BCUT2D eigenvalue weighted by Gasteiger charge is 1.57. The Kier molecular flexibility index (Phi) is 4.41. The zero-order valence-electron chi connectivity index (χ0n) is 3.22. The average Bonchev–Trinajstić information content (AvgIpc) is 1.35. The molecule has 0 aliphatic heterocycles. The average molecular weight is 140 g/mol. The van der Waals surface area contributed by atoms with E-state index in [4.69, 9.17) is 5.73 Å². The van der Waals surface area contributed by atoms with Crippen molar-refractivity contribution in [3.05, 3.63) is 0 Å². The van der Waals surface area contributed by atoms with Gasteiger partial charge in [-0.05, 0) is 6.54 Å². The molecule has 0 aromatic heterocycles. The van der Waals surface area contributed by atoms with E-state index in [0.29, 0.717) is 6.54 Å². The van der Waals surface area contributed by atoms with E-state index in [2.05, 4.69) is 22.4 Å². The van der Waals surface area contributed by atoms with Crippen molar-refractivity contribution < 1.29 is 0 Å². The molecule has 0 aliphatic rings. The van der Waals surface area contributed by atoms with Gasteiger partial charge in [-0.25, -0.2) is 0 Å². The molecule has 2 N–H and O–H groups in total. The summed E-state index contributed by atoms with van der Waals surface area (Å²) >= 11 is 9.28. The number of hydrogen-bond donors (Lipinski definition) is 1. The molecule has 38 valence electrons. The lowest BCUT2D eigenvalue weighted by Gasteiger charge is -1.92. The maximum absolute atomic E-state index is 5.10. The van der Waals surface area contributed by atoms with E-state index >= 15 is 0 Å². The summed E-state index contributed by atoms with van der Waals surface area (Å²) < 4.78 is 0. The molecule has 0 saturated heterocycles. The molecule has 6 heavy (non-hydrogen) atoms. The molecule has 0 saturated carbocycles. The van der Waals surface area contributed by atoms with Gasteiger partial charge in [0.15, 0.2) is 0 Å². The van der Waals surface area contributed by atoms with Crippen LogP contribution in [0.4, 0.5) is 0 Å². The fraction of sp³-hybridized carbons (Fsp3) is 1.00. The van der Waals surface area contributed by atoms with Gasteiger partial charge in [0.2, 0.25) is 0 Å². The summed E-state index contributed by atoms with van der Waals surface area (Å²) in [6, 6.07) is 0. The first-order valence-electron chi connectivity index (χ1n) is 1.53. The van der Waals surface area contributed by atoms with Gasteiger partial charge in [0.1, 0.15) is 0 Å². The van der Waals surface area contributed by atoms with E-state index < -0.39 is 0 Å². The molecule has 0 unspecified atom stereocenters. The lowest BCUT2D eigenvalue weighted by Crippen LogP contribution is -2.03. The van der Waals surface area contributed by atoms with Crippen LogP contribution in [0.25, 0.3) is 0 Å². The molecule has 0 aromatic rings. The molecule has 0 heterocycles. The van der Waals surface area contributed by atoms with Gasteiger partial charge >= 0.3 is 0 Å². The molecule has 0 aromatic carbocycles. The number of hydrogen-bond acceptors (Lipinski definition) is 4. The van der Waals surface area contributed by atoms with Crippen LogP contribution in [-0.4, -0.2) is 12.3 Å². The van der Waals surface area contributed by atoms with Crippen LogP contribution in [0.1, 0.15) is 0 Å². The molecule has 0 fully saturated rings. The fourth-order valence-electron chi connectivity index (χ4n) is 0.0962. The third-order valence-electron chi connectivity index (χ3n) is 0.285. The first-order chi connectivity index (χ1) is 2.77. The van der Waals surface area contributed by atoms with Crippen molar-refractivity contribution in [1.29, 1.82) is 0 Å². The maximum atomic E-state index is 5.10. The van der Waals surface area contributed by atoms with Crippen molar-refractivity contribution in [3.8, 4) is 0 Å². The lowest BCUT2D eigenvalue weighted by atomic mass is 10.8. The summed E-state index contributed by atoms with van der Waals surface area (Å²) in [5.41, 5.74) is 5.10. The fourth-order valence-corrected chi connectivity index (χ4v) is 0.866. The van der Waals surface area contributed by atoms with Gasteiger partial charge in [-0.1, -0.05) is 0 Å². The Bertz CT molecular complexity index is 76.8. The summed E-state index contributed by atoms with van der Waals surface area (Å²) in [5.74, 6) is 0.810. The van der Waals surface area contributed by atoms with Crippen LogP contribution in [0.15, 0.2) is 0 Å². The van der Waals surface area contributed by atoms with Crippen molar-refractivity contribution in [2.24, 2.45) is 5.73 Å². The predicted octanol–water partition coefficient (Wildman–Crippen LogP) is -0.513. The second kappa shape index (κ2) is 3.92. The van der Waals surface area contributed by atoms with E-state index in [-0.39, 0.29) is 8.01 Å². The van der Waals surface area contributed by atoms with Crippen LogP contribution >= 0.6 is 0 Å². The molecule has 0 amide bonds. The molecular weight excluding hydrogens is 134 g/mol. The van der Waals surface area contributed by atoms with Gasteiger partial charge < -0.3 is 13.7 Å². The van der Waals surface area contributed by atoms with Crippen LogP contribution in [0.3, 0.4) is 0 Å². The largest absolute Gasteiger partial charge is 0.346 e. The van der Waals surface area contributed by atoms with Crippen LogP contribution < -0.4 is 5.73 Å². The standard InChI is InChI=1S/C2H6NS3/c3-1-2-6(4)5/h1-3H2/q-1.